The van der Waals surface area contributed by atoms with Gasteiger partial charge in [-0.1, -0.05) is 19.8 Å². The van der Waals surface area contributed by atoms with Crippen LogP contribution in [0.2, 0.25) is 0 Å². The van der Waals surface area contributed by atoms with Gasteiger partial charge in [-0.3, -0.25) is 9.48 Å². The van der Waals surface area contributed by atoms with Gasteiger partial charge in [-0.25, -0.2) is 0 Å². The van der Waals surface area contributed by atoms with Crippen molar-refractivity contribution >= 4 is 5.91 Å². The average molecular weight is 307 g/mol. The Labute approximate surface area is 133 Å². The quantitative estimate of drug-likeness (QED) is 0.812. The summed E-state index contributed by atoms with van der Waals surface area (Å²) in [7, 11) is 1.89. The highest BCUT2D eigenvalue weighted by Crippen LogP contribution is 2.25. The third kappa shape index (κ3) is 4.83. The molecule has 0 spiro atoms. The van der Waals surface area contributed by atoms with Gasteiger partial charge in [-0.2, -0.15) is 5.10 Å². The molecular weight excluding hydrogens is 278 g/mol. The van der Waals surface area contributed by atoms with Crippen LogP contribution in [-0.2, 0) is 23.1 Å². The smallest absolute Gasteiger partial charge is 0.249 e. The summed E-state index contributed by atoms with van der Waals surface area (Å²) in [6.07, 6.45) is 8.68. The number of aryl methyl sites for hydroxylation is 1. The van der Waals surface area contributed by atoms with Gasteiger partial charge in [0.05, 0.1) is 12.3 Å². The molecule has 5 nitrogen and oxygen atoms in total. The lowest BCUT2D eigenvalue weighted by atomic mass is 9.89. The molecule has 1 fully saturated rings. The Morgan fingerprint density at radius 3 is 2.86 bits per heavy atom. The predicted octanol–water partition coefficient (Wildman–Crippen LogP) is 2.75. The van der Waals surface area contributed by atoms with Crippen LogP contribution in [0.5, 0.6) is 0 Å². The van der Waals surface area contributed by atoms with Crippen LogP contribution in [0.15, 0.2) is 12.4 Å². The molecule has 22 heavy (non-hydrogen) atoms. The van der Waals surface area contributed by atoms with Crippen LogP contribution in [0, 0.1) is 5.92 Å². The second-order valence-corrected chi connectivity index (χ2v) is 6.84. The van der Waals surface area contributed by atoms with Crippen molar-refractivity contribution in [3.63, 3.8) is 0 Å². The predicted molar refractivity (Wildman–Crippen MR) is 86.3 cm³/mol. The van der Waals surface area contributed by atoms with Gasteiger partial charge in [-0.05, 0) is 32.6 Å². The first-order valence-electron chi connectivity index (χ1n) is 8.34. The Hall–Kier alpha value is -1.36. The summed E-state index contributed by atoms with van der Waals surface area (Å²) < 4.78 is 7.64. The molecule has 1 amide bonds. The molecule has 1 heterocycles. The van der Waals surface area contributed by atoms with Crippen molar-refractivity contribution in [1.82, 2.24) is 14.7 Å². The summed E-state index contributed by atoms with van der Waals surface area (Å²) >= 11 is 0. The Morgan fingerprint density at radius 2 is 2.27 bits per heavy atom. The molecule has 0 radical (unpaired) electrons. The van der Waals surface area contributed by atoms with E-state index in [1.807, 2.05) is 38.2 Å². The maximum atomic E-state index is 12.5. The van der Waals surface area contributed by atoms with E-state index in [0.29, 0.717) is 12.5 Å². The summed E-state index contributed by atoms with van der Waals surface area (Å²) in [5, 5.41) is 4.16. The Kier molecular flexibility index (Phi) is 6.00. The number of amides is 1. The molecule has 0 N–H and O–H groups in total. The molecule has 1 aromatic rings. The van der Waals surface area contributed by atoms with Crippen molar-refractivity contribution in [2.45, 2.75) is 65.1 Å². The normalized spacial score (nSPS) is 22.0. The van der Waals surface area contributed by atoms with Crippen molar-refractivity contribution in [2.75, 3.05) is 6.61 Å². The van der Waals surface area contributed by atoms with Crippen LogP contribution in [0.4, 0.5) is 0 Å². The van der Waals surface area contributed by atoms with Crippen molar-refractivity contribution in [2.24, 2.45) is 13.0 Å². The van der Waals surface area contributed by atoms with Gasteiger partial charge in [0.25, 0.3) is 0 Å². The second kappa shape index (κ2) is 7.77. The number of hydrogen-bond acceptors (Lipinski definition) is 3. The zero-order chi connectivity index (χ0) is 16.1. The fraction of sp³-hybridized carbons (Fsp3) is 0.765. The molecule has 1 saturated carbocycles. The van der Waals surface area contributed by atoms with E-state index in [2.05, 4.69) is 12.0 Å². The first-order chi connectivity index (χ1) is 10.5. The van der Waals surface area contributed by atoms with Gasteiger partial charge >= 0.3 is 0 Å². The summed E-state index contributed by atoms with van der Waals surface area (Å²) in [6.45, 7) is 7.12. The van der Waals surface area contributed by atoms with Gasteiger partial charge in [0.1, 0.15) is 6.61 Å². The van der Waals surface area contributed by atoms with E-state index in [4.69, 9.17) is 4.74 Å². The minimum atomic E-state index is 0.0667. The third-order valence-electron chi connectivity index (χ3n) is 4.39. The molecule has 5 heteroatoms. The zero-order valence-electron chi connectivity index (χ0n) is 14.3. The Balaban J connectivity index is 1.86. The number of carbonyl (C=O) groups is 1. The molecule has 124 valence electrons. The third-order valence-corrected chi connectivity index (χ3v) is 4.39. The van der Waals surface area contributed by atoms with Gasteiger partial charge in [0, 0.05) is 31.4 Å². The van der Waals surface area contributed by atoms with Gasteiger partial charge in [-0.15, -0.1) is 0 Å². The van der Waals surface area contributed by atoms with E-state index in [0.717, 1.165) is 18.4 Å². The molecule has 1 aromatic heterocycles. The van der Waals surface area contributed by atoms with Crippen LogP contribution >= 0.6 is 0 Å². The van der Waals surface area contributed by atoms with Crippen LogP contribution in [0.25, 0.3) is 0 Å². The van der Waals surface area contributed by atoms with Crippen LogP contribution in [-0.4, -0.2) is 39.3 Å². The number of rotatable bonds is 6. The molecular formula is C17H29N3O2. The van der Waals surface area contributed by atoms with Crippen molar-refractivity contribution in [1.29, 1.82) is 0 Å². The lowest BCUT2D eigenvalue weighted by molar-refractivity contribution is -0.141. The Morgan fingerprint density at radius 1 is 1.50 bits per heavy atom. The maximum Gasteiger partial charge on any atom is 0.249 e. The monoisotopic (exact) mass is 307 g/mol. The highest BCUT2D eigenvalue weighted by atomic mass is 16.5. The minimum absolute atomic E-state index is 0.0667. The van der Waals surface area contributed by atoms with E-state index in [1.165, 1.54) is 12.8 Å². The van der Waals surface area contributed by atoms with Gasteiger partial charge in [0.15, 0.2) is 0 Å². The molecule has 0 aromatic carbocycles. The molecule has 0 bridgehead atoms. The molecule has 2 atom stereocenters. The minimum Gasteiger partial charge on any atom is -0.368 e. The summed E-state index contributed by atoms with van der Waals surface area (Å²) in [4.78, 5) is 14.4. The lowest BCUT2D eigenvalue weighted by Crippen LogP contribution is -2.39. The fourth-order valence-electron chi connectivity index (χ4n) is 3.11. The first-order valence-corrected chi connectivity index (χ1v) is 8.34. The van der Waals surface area contributed by atoms with E-state index in [1.54, 1.807) is 4.68 Å². The number of carbonyl (C=O) groups excluding carboxylic acids is 1. The van der Waals surface area contributed by atoms with Crippen LogP contribution in [0.3, 0.4) is 0 Å². The van der Waals surface area contributed by atoms with Gasteiger partial charge < -0.3 is 9.64 Å². The van der Waals surface area contributed by atoms with Crippen molar-refractivity contribution in [3.8, 4) is 0 Å². The molecule has 2 rings (SSSR count). The SMILES string of the molecule is CC(C)N(Cc1cnn(C)c1)C(=O)CO[C@H]1CCC[C@H](C)C1. The number of nitrogens with zero attached hydrogens (tertiary/aromatic N) is 3. The largest absolute Gasteiger partial charge is 0.368 e. The highest BCUT2D eigenvalue weighted by Gasteiger charge is 2.23. The zero-order valence-corrected chi connectivity index (χ0v) is 14.3. The average Bonchev–Trinajstić information content (AvgIpc) is 2.87. The molecule has 1 aliphatic rings. The summed E-state index contributed by atoms with van der Waals surface area (Å²) in [6, 6.07) is 0.154. The molecule has 0 aliphatic heterocycles. The lowest BCUT2D eigenvalue weighted by Gasteiger charge is -2.29. The first kappa shape index (κ1) is 17.0. The summed E-state index contributed by atoms with van der Waals surface area (Å²) in [5.41, 5.74) is 1.05. The maximum absolute atomic E-state index is 12.5. The number of ether oxygens (including phenoxy) is 1. The summed E-state index contributed by atoms with van der Waals surface area (Å²) in [5.74, 6) is 0.780. The standard InChI is InChI=1S/C17H29N3O2/c1-13(2)20(11-15-9-18-19(4)10-15)17(21)12-22-16-7-5-6-14(3)8-16/h9-10,13-14,16H,5-8,11-12H2,1-4H3/t14-,16-/m0/s1. The van der Waals surface area contributed by atoms with Crippen LogP contribution < -0.4 is 0 Å². The molecule has 0 unspecified atom stereocenters. The molecule has 1 aliphatic carbocycles. The highest BCUT2D eigenvalue weighted by molar-refractivity contribution is 5.77. The van der Waals surface area contributed by atoms with Crippen molar-refractivity contribution in [3.05, 3.63) is 18.0 Å². The topological polar surface area (TPSA) is 47.4 Å². The Bertz CT molecular complexity index is 484. The van der Waals surface area contributed by atoms with Crippen LogP contribution in [0.1, 0.15) is 52.0 Å². The number of aromatic nitrogens is 2. The second-order valence-electron chi connectivity index (χ2n) is 6.84. The van der Waals surface area contributed by atoms with Gasteiger partial charge in [0.2, 0.25) is 5.91 Å². The molecule has 0 saturated heterocycles. The van der Waals surface area contributed by atoms with E-state index in [-0.39, 0.29) is 24.7 Å². The van der Waals surface area contributed by atoms with E-state index < -0.39 is 0 Å². The fourth-order valence-corrected chi connectivity index (χ4v) is 3.11. The van der Waals surface area contributed by atoms with E-state index in [9.17, 15) is 4.79 Å². The van der Waals surface area contributed by atoms with E-state index >= 15 is 0 Å². The number of hydrogen-bond donors (Lipinski definition) is 0. The van der Waals surface area contributed by atoms with Crippen molar-refractivity contribution < 1.29 is 9.53 Å².